The molecule has 3 amide bonds. The Bertz CT molecular complexity index is 518. The number of hydrogen-bond donors (Lipinski definition) is 9. The molecule has 0 saturated heterocycles. The van der Waals surface area contributed by atoms with Crippen LogP contribution in [-0.4, -0.2) is 93.4 Å². The molecule has 0 aromatic carbocycles. The molecule has 0 aliphatic rings. The van der Waals surface area contributed by atoms with Gasteiger partial charge in [0.15, 0.2) is 6.04 Å². The normalized spacial score (nSPS) is 16.5. The van der Waals surface area contributed by atoms with Gasteiger partial charge >= 0.3 is 5.97 Å². The molecule has 5 atom stereocenters. The summed E-state index contributed by atoms with van der Waals surface area (Å²) in [5.74, 6) is -4.49. The minimum atomic E-state index is -1.60. The van der Waals surface area contributed by atoms with Crippen LogP contribution >= 0.6 is 12.6 Å². The first-order valence-electron chi connectivity index (χ1n) is 7.49. The van der Waals surface area contributed by atoms with Crippen LogP contribution in [0.1, 0.15) is 6.92 Å². The van der Waals surface area contributed by atoms with Crippen molar-refractivity contribution in [1.82, 2.24) is 16.0 Å². The van der Waals surface area contributed by atoms with E-state index in [1.54, 1.807) is 0 Å². The standard InChI is InChI=1S/C13H24N4O8S/c1-5(20)9(13(24)25)17-12(23)8(4-26)16-11(22)7(3-19)15-10(21)6(14)2-18/h5-9,18-20,26H,2-4,14H2,1H3,(H,15,21)(H,16,22)(H,17,23)(H,24,25). The van der Waals surface area contributed by atoms with E-state index < -0.39 is 67.2 Å². The van der Waals surface area contributed by atoms with Gasteiger partial charge in [-0.05, 0) is 6.92 Å². The fraction of sp³-hybridized carbons (Fsp3) is 0.692. The largest absolute Gasteiger partial charge is 0.480 e. The number of rotatable bonds is 11. The molecule has 13 heteroatoms. The lowest BCUT2D eigenvalue weighted by atomic mass is 10.1. The van der Waals surface area contributed by atoms with Gasteiger partial charge in [-0.25, -0.2) is 4.79 Å². The molecule has 0 fully saturated rings. The molecule has 9 N–H and O–H groups in total. The molecule has 0 aromatic rings. The summed E-state index contributed by atoms with van der Waals surface area (Å²) in [4.78, 5) is 46.7. The summed E-state index contributed by atoms with van der Waals surface area (Å²) < 4.78 is 0. The number of aliphatic carboxylic acids is 1. The van der Waals surface area contributed by atoms with Gasteiger partial charge in [0.05, 0.1) is 19.3 Å². The number of carboxylic acid groups (broad SMARTS) is 1. The number of carboxylic acids is 1. The zero-order valence-electron chi connectivity index (χ0n) is 14.0. The van der Waals surface area contributed by atoms with Crippen molar-refractivity contribution < 1.29 is 39.6 Å². The number of carbonyl (C=O) groups excluding carboxylic acids is 3. The molecule has 0 aliphatic heterocycles. The van der Waals surface area contributed by atoms with Gasteiger partial charge in [-0.2, -0.15) is 12.6 Å². The second-order valence-corrected chi connectivity index (χ2v) is 5.71. The molecule has 12 nitrogen and oxygen atoms in total. The molecule has 5 unspecified atom stereocenters. The van der Waals surface area contributed by atoms with Gasteiger partial charge in [-0.1, -0.05) is 0 Å². The molecule has 0 radical (unpaired) electrons. The minimum absolute atomic E-state index is 0.230. The third-order valence-corrected chi connectivity index (χ3v) is 3.58. The van der Waals surface area contributed by atoms with Gasteiger partial charge in [0, 0.05) is 5.75 Å². The maximum absolute atomic E-state index is 12.1. The average molecular weight is 396 g/mol. The van der Waals surface area contributed by atoms with Crippen LogP contribution in [0.2, 0.25) is 0 Å². The Morgan fingerprint density at radius 2 is 1.46 bits per heavy atom. The van der Waals surface area contributed by atoms with Crippen LogP contribution in [0.4, 0.5) is 0 Å². The van der Waals surface area contributed by atoms with Crippen LogP contribution in [0.5, 0.6) is 0 Å². The van der Waals surface area contributed by atoms with Gasteiger partial charge in [0.1, 0.15) is 18.1 Å². The number of aliphatic hydroxyl groups excluding tert-OH is 3. The fourth-order valence-corrected chi connectivity index (χ4v) is 1.92. The third kappa shape index (κ3) is 7.53. The molecular formula is C13H24N4O8S. The van der Waals surface area contributed by atoms with Gasteiger partial charge in [-0.15, -0.1) is 0 Å². The smallest absolute Gasteiger partial charge is 0.328 e. The fourth-order valence-electron chi connectivity index (χ4n) is 1.66. The highest BCUT2D eigenvalue weighted by Crippen LogP contribution is 1.98. The first kappa shape index (κ1) is 24.1. The minimum Gasteiger partial charge on any atom is -0.480 e. The van der Waals surface area contributed by atoms with Crippen LogP contribution in [0.15, 0.2) is 0 Å². The first-order valence-corrected chi connectivity index (χ1v) is 8.12. The van der Waals surface area contributed by atoms with E-state index in [4.69, 9.17) is 15.9 Å². The van der Waals surface area contributed by atoms with Crippen LogP contribution in [0.25, 0.3) is 0 Å². The van der Waals surface area contributed by atoms with Crippen LogP contribution in [0, 0.1) is 0 Å². The zero-order chi connectivity index (χ0) is 20.4. The van der Waals surface area contributed by atoms with E-state index in [2.05, 4.69) is 23.3 Å². The Balaban J connectivity index is 4.95. The van der Waals surface area contributed by atoms with E-state index in [0.717, 1.165) is 6.92 Å². The second-order valence-electron chi connectivity index (χ2n) is 5.34. The predicted molar refractivity (Wildman–Crippen MR) is 91.1 cm³/mol. The highest BCUT2D eigenvalue weighted by molar-refractivity contribution is 7.80. The number of hydrogen-bond acceptors (Lipinski definition) is 9. The van der Waals surface area contributed by atoms with Gasteiger partial charge in [0.2, 0.25) is 17.7 Å². The van der Waals surface area contributed by atoms with E-state index in [0.29, 0.717) is 0 Å². The van der Waals surface area contributed by atoms with E-state index in [9.17, 15) is 29.4 Å². The van der Waals surface area contributed by atoms with Crippen LogP contribution in [-0.2, 0) is 19.2 Å². The first-order chi connectivity index (χ1) is 12.1. The molecule has 0 aromatic heterocycles. The van der Waals surface area contributed by atoms with Gasteiger partial charge in [0.25, 0.3) is 0 Å². The number of thiol groups is 1. The quantitative estimate of drug-likeness (QED) is 0.153. The number of amides is 3. The molecule has 0 spiro atoms. The zero-order valence-corrected chi connectivity index (χ0v) is 14.8. The van der Waals surface area contributed by atoms with Crippen molar-refractivity contribution in [3.05, 3.63) is 0 Å². The van der Waals surface area contributed by atoms with E-state index in [1.165, 1.54) is 0 Å². The number of carbonyl (C=O) groups is 4. The van der Waals surface area contributed by atoms with Crippen molar-refractivity contribution in [2.24, 2.45) is 5.73 Å². The van der Waals surface area contributed by atoms with Crippen molar-refractivity contribution in [2.75, 3.05) is 19.0 Å². The van der Waals surface area contributed by atoms with Crippen molar-refractivity contribution in [3.8, 4) is 0 Å². The number of nitrogens with two attached hydrogens (primary N) is 1. The molecule has 0 bridgehead atoms. The summed E-state index contributed by atoms with van der Waals surface area (Å²) in [6, 6.07) is -5.66. The summed E-state index contributed by atoms with van der Waals surface area (Å²) in [6.07, 6.45) is -1.39. The molecule has 0 saturated carbocycles. The van der Waals surface area contributed by atoms with Crippen molar-refractivity contribution >= 4 is 36.3 Å². The molecular weight excluding hydrogens is 372 g/mol. The lowest BCUT2D eigenvalue weighted by Crippen LogP contribution is -2.59. The maximum Gasteiger partial charge on any atom is 0.328 e. The van der Waals surface area contributed by atoms with Crippen LogP contribution in [0.3, 0.4) is 0 Å². The van der Waals surface area contributed by atoms with Crippen molar-refractivity contribution in [1.29, 1.82) is 0 Å². The topological polar surface area (TPSA) is 211 Å². The number of nitrogens with one attached hydrogen (secondary N) is 3. The highest BCUT2D eigenvalue weighted by Gasteiger charge is 2.31. The monoisotopic (exact) mass is 396 g/mol. The highest BCUT2D eigenvalue weighted by atomic mass is 32.1. The van der Waals surface area contributed by atoms with Gasteiger partial charge in [-0.3, -0.25) is 14.4 Å². The molecule has 0 aliphatic carbocycles. The summed E-state index contributed by atoms with van der Waals surface area (Å²) in [6.45, 7) is -0.333. The Morgan fingerprint density at radius 3 is 1.85 bits per heavy atom. The average Bonchev–Trinajstić information content (AvgIpc) is 2.59. The number of aliphatic hydroxyl groups is 3. The second kappa shape index (κ2) is 11.6. The Morgan fingerprint density at radius 1 is 0.962 bits per heavy atom. The third-order valence-electron chi connectivity index (χ3n) is 3.21. The summed E-state index contributed by atoms with van der Waals surface area (Å²) in [5, 5.41) is 42.6. The summed E-state index contributed by atoms with van der Waals surface area (Å²) in [7, 11) is 0. The molecule has 0 rings (SSSR count). The molecule has 0 heterocycles. The Hall–Kier alpha value is -1.93. The van der Waals surface area contributed by atoms with Gasteiger partial charge < -0.3 is 42.1 Å². The Labute approximate surface area is 154 Å². The lowest BCUT2D eigenvalue weighted by Gasteiger charge is -2.24. The molecule has 150 valence electrons. The van der Waals surface area contributed by atoms with Crippen LogP contribution < -0.4 is 21.7 Å². The van der Waals surface area contributed by atoms with E-state index >= 15 is 0 Å². The Kier molecular flexibility index (Phi) is 10.8. The molecule has 26 heavy (non-hydrogen) atoms. The van der Waals surface area contributed by atoms with Crippen molar-refractivity contribution in [2.45, 2.75) is 37.2 Å². The SMILES string of the molecule is CC(O)C(NC(=O)C(CS)NC(=O)C(CO)NC(=O)C(N)CO)C(=O)O. The maximum atomic E-state index is 12.1. The summed E-state index contributed by atoms with van der Waals surface area (Å²) >= 11 is 3.88. The van der Waals surface area contributed by atoms with Crippen molar-refractivity contribution in [3.63, 3.8) is 0 Å². The van der Waals surface area contributed by atoms with E-state index in [1.807, 2.05) is 5.32 Å². The van der Waals surface area contributed by atoms with E-state index in [-0.39, 0.29) is 5.75 Å². The predicted octanol–water partition coefficient (Wildman–Crippen LogP) is -4.85. The lowest BCUT2D eigenvalue weighted by molar-refractivity contribution is -0.145. The summed E-state index contributed by atoms with van der Waals surface area (Å²) in [5.41, 5.74) is 5.28.